The Morgan fingerprint density at radius 3 is 3.00 bits per heavy atom. The minimum absolute atomic E-state index is 0.219. The van der Waals surface area contributed by atoms with Gasteiger partial charge < -0.3 is 15.8 Å². The molecule has 5 nitrogen and oxygen atoms in total. The summed E-state index contributed by atoms with van der Waals surface area (Å²) < 4.78 is 4.61. The van der Waals surface area contributed by atoms with E-state index < -0.39 is 6.09 Å². The first-order chi connectivity index (χ1) is 8.75. The quantitative estimate of drug-likeness (QED) is 0.809. The maximum Gasteiger partial charge on any atom is 0.404 e. The van der Waals surface area contributed by atoms with Gasteiger partial charge >= 0.3 is 6.09 Å². The first kappa shape index (κ1) is 12.8. The van der Waals surface area contributed by atoms with Crippen LogP contribution in [0, 0.1) is 0 Å². The van der Waals surface area contributed by atoms with Gasteiger partial charge in [-0.3, -0.25) is 4.99 Å². The number of benzene rings is 1. The molecule has 1 aromatic rings. The van der Waals surface area contributed by atoms with Gasteiger partial charge in [-0.2, -0.15) is 0 Å². The van der Waals surface area contributed by atoms with E-state index in [1.165, 1.54) is 5.56 Å². The Morgan fingerprint density at radius 2 is 2.28 bits per heavy atom. The van der Waals surface area contributed by atoms with Crippen LogP contribution in [0.3, 0.4) is 0 Å². The van der Waals surface area contributed by atoms with Crippen LogP contribution >= 0.6 is 11.8 Å². The summed E-state index contributed by atoms with van der Waals surface area (Å²) in [6, 6.07) is 10.5. The third-order valence-electron chi connectivity index (χ3n) is 2.48. The van der Waals surface area contributed by atoms with Crippen molar-refractivity contribution in [1.29, 1.82) is 0 Å². The average Bonchev–Trinajstić information content (AvgIpc) is 2.84. The van der Waals surface area contributed by atoms with Crippen molar-refractivity contribution in [2.24, 2.45) is 10.7 Å². The average molecular weight is 265 g/mol. The Bertz CT molecular complexity index is 436. The first-order valence-corrected chi connectivity index (χ1v) is 6.65. The van der Waals surface area contributed by atoms with Gasteiger partial charge in [-0.25, -0.2) is 4.79 Å². The second-order valence-corrected chi connectivity index (χ2v) is 4.78. The highest BCUT2D eigenvalue weighted by Gasteiger charge is 2.21. The molecule has 18 heavy (non-hydrogen) atoms. The summed E-state index contributed by atoms with van der Waals surface area (Å²) in [5, 5.41) is 4.22. The van der Waals surface area contributed by atoms with Crippen LogP contribution in [0.5, 0.6) is 0 Å². The molecule has 1 aliphatic heterocycles. The number of aliphatic imine (C=N–C) groups is 1. The third-order valence-corrected chi connectivity index (χ3v) is 3.50. The summed E-state index contributed by atoms with van der Waals surface area (Å²) in [4.78, 5) is 14.7. The zero-order valence-corrected chi connectivity index (χ0v) is 10.7. The Labute approximate surface area is 110 Å². The summed E-state index contributed by atoms with van der Waals surface area (Å²) in [5.74, 6) is 0.958. The van der Waals surface area contributed by atoms with E-state index in [-0.39, 0.29) is 6.61 Å². The van der Waals surface area contributed by atoms with Gasteiger partial charge in [0.2, 0.25) is 0 Å². The van der Waals surface area contributed by atoms with Crippen molar-refractivity contribution in [3.8, 4) is 0 Å². The van der Waals surface area contributed by atoms with E-state index in [2.05, 4.69) is 27.2 Å². The standard InChI is InChI=1S/C12H15N3O2S/c13-11(16)17-7-6-14-12-15-10(8-18-12)9-4-2-1-3-5-9/h1-5,10H,6-8H2,(H2,13,16)(H,14,15). The number of amides is 1. The molecule has 1 amide bonds. The van der Waals surface area contributed by atoms with Crippen molar-refractivity contribution in [3.63, 3.8) is 0 Å². The summed E-state index contributed by atoms with van der Waals surface area (Å²) in [7, 11) is 0. The molecule has 96 valence electrons. The fraction of sp³-hybridized carbons (Fsp3) is 0.333. The Kier molecular flexibility index (Phi) is 4.46. The molecule has 1 fully saturated rings. The number of nitrogens with zero attached hydrogens (tertiary/aromatic N) is 1. The smallest absolute Gasteiger partial charge is 0.404 e. The van der Waals surface area contributed by atoms with Crippen LogP contribution in [0.25, 0.3) is 0 Å². The predicted molar refractivity (Wildman–Crippen MR) is 72.6 cm³/mol. The number of ether oxygens (including phenoxy) is 1. The van der Waals surface area contributed by atoms with Gasteiger partial charge in [0.15, 0.2) is 5.17 Å². The van der Waals surface area contributed by atoms with E-state index in [9.17, 15) is 4.79 Å². The zero-order chi connectivity index (χ0) is 12.8. The van der Waals surface area contributed by atoms with Crippen LogP contribution in [0.2, 0.25) is 0 Å². The van der Waals surface area contributed by atoms with E-state index >= 15 is 0 Å². The van der Waals surface area contributed by atoms with Crippen LogP contribution < -0.4 is 11.1 Å². The van der Waals surface area contributed by atoms with Crippen molar-refractivity contribution >= 4 is 23.0 Å². The van der Waals surface area contributed by atoms with Crippen LogP contribution in [0.15, 0.2) is 35.3 Å². The predicted octanol–water partition coefficient (Wildman–Crippen LogP) is 1.52. The molecule has 0 saturated carbocycles. The Balaban J connectivity index is 1.81. The van der Waals surface area contributed by atoms with Crippen molar-refractivity contribution in [1.82, 2.24) is 5.32 Å². The lowest BCUT2D eigenvalue weighted by molar-refractivity contribution is 0.160. The number of thioether (sulfide) groups is 1. The van der Waals surface area contributed by atoms with Gasteiger partial charge in [0.1, 0.15) is 6.61 Å². The summed E-state index contributed by atoms with van der Waals surface area (Å²) in [6.07, 6.45) is -0.760. The van der Waals surface area contributed by atoms with Gasteiger partial charge in [0.05, 0.1) is 12.6 Å². The van der Waals surface area contributed by atoms with Crippen molar-refractivity contribution in [2.45, 2.75) is 6.04 Å². The fourth-order valence-corrected chi connectivity index (χ4v) is 2.65. The Morgan fingerprint density at radius 1 is 1.50 bits per heavy atom. The second-order valence-electron chi connectivity index (χ2n) is 3.77. The highest BCUT2D eigenvalue weighted by atomic mass is 32.2. The Hall–Kier alpha value is -1.69. The monoisotopic (exact) mass is 265 g/mol. The van der Waals surface area contributed by atoms with Gasteiger partial charge in [-0.1, -0.05) is 42.1 Å². The van der Waals surface area contributed by atoms with Crippen LogP contribution in [-0.4, -0.2) is 30.2 Å². The highest BCUT2D eigenvalue weighted by molar-refractivity contribution is 8.14. The van der Waals surface area contributed by atoms with Crippen LogP contribution in [0.4, 0.5) is 4.79 Å². The molecule has 1 unspecified atom stereocenters. The largest absolute Gasteiger partial charge is 0.448 e. The number of hydrogen-bond donors (Lipinski definition) is 2. The molecular weight excluding hydrogens is 250 g/mol. The third kappa shape index (κ3) is 3.66. The lowest BCUT2D eigenvalue weighted by atomic mass is 10.1. The maximum atomic E-state index is 10.4. The molecule has 0 bridgehead atoms. The second kappa shape index (κ2) is 6.30. The lowest BCUT2D eigenvalue weighted by Gasteiger charge is -2.09. The SMILES string of the molecule is NC(=O)OCCN=C1NC(c2ccccc2)CS1. The minimum Gasteiger partial charge on any atom is -0.448 e. The molecule has 1 aliphatic rings. The molecule has 1 saturated heterocycles. The maximum absolute atomic E-state index is 10.4. The number of rotatable bonds is 4. The minimum atomic E-state index is -0.760. The zero-order valence-electron chi connectivity index (χ0n) is 9.83. The molecule has 3 N–H and O–H groups in total. The molecule has 1 heterocycles. The topological polar surface area (TPSA) is 76.7 Å². The normalized spacial score (nSPS) is 20.7. The molecule has 1 aromatic carbocycles. The number of hydrogen-bond acceptors (Lipinski definition) is 4. The highest BCUT2D eigenvalue weighted by Crippen LogP contribution is 2.25. The van der Waals surface area contributed by atoms with E-state index in [0.29, 0.717) is 12.6 Å². The van der Waals surface area contributed by atoms with Gasteiger partial charge in [-0.05, 0) is 5.56 Å². The molecule has 0 aromatic heterocycles. The first-order valence-electron chi connectivity index (χ1n) is 5.66. The van der Waals surface area contributed by atoms with E-state index in [4.69, 9.17) is 5.73 Å². The molecule has 0 radical (unpaired) electrons. The number of carbonyl (C=O) groups excluding carboxylic acids is 1. The number of carbonyl (C=O) groups is 1. The van der Waals surface area contributed by atoms with E-state index in [1.807, 2.05) is 18.2 Å². The van der Waals surface area contributed by atoms with Crippen molar-refractivity contribution < 1.29 is 9.53 Å². The van der Waals surface area contributed by atoms with E-state index in [0.717, 1.165) is 10.9 Å². The van der Waals surface area contributed by atoms with Crippen LogP contribution in [-0.2, 0) is 4.74 Å². The molecule has 6 heteroatoms. The number of amidine groups is 1. The summed E-state index contributed by atoms with van der Waals surface area (Å²) in [6.45, 7) is 0.650. The molecular formula is C12H15N3O2S. The number of primary amides is 1. The van der Waals surface area contributed by atoms with Gasteiger partial charge in [0, 0.05) is 5.75 Å². The fourth-order valence-electron chi connectivity index (χ4n) is 1.64. The van der Waals surface area contributed by atoms with Gasteiger partial charge in [0.25, 0.3) is 0 Å². The molecule has 1 atom stereocenters. The van der Waals surface area contributed by atoms with E-state index in [1.54, 1.807) is 11.8 Å². The number of nitrogens with two attached hydrogens (primary N) is 1. The summed E-state index contributed by atoms with van der Waals surface area (Å²) >= 11 is 1.67. The number of nitrogens with one attached hydrogen (secondary N) is 1. The molecule has 2 rings (SSSR count). The lowest BCUT2D eigenvalue weighted by Crippen LogP contribution is -2.20. The van der Waals surface area contributed by atoms with Crippen molar-refractivity contribution in [3.05, 3.63) is 35.9 Å². The molecule has 0 spiro atoms. The van der Waals surface area contributed by atoms with Crippen molar-refractivity contribution in [2.75, 3.05) is 18.9 Å². The van der Waals surface area contributed by atoms with Crippen LogP contribution in [0.1, 0.15) is 11.6 Å². The van der Waals surface area contributed by atoms with Gasteiger partial charge in [-0.15, -0.1) is 0 Å². The summed E-state index contributed by atoms with van der Waals surface area (Å²) in [5.41, 5.74) is 6.11. The molecule has 0 aliphatic carbocycles.